The second kappa shape index (κ2) is 5.13. The number of carbonyl (C=O) groups excluding carboxylic acids is 1. The number of hydrogen-bond donors (Lipinski definition) is 1. The van der Waals surface area contributed by atoms with Crippen molar-refractivity contribution < 1.29 is 14.3 Å². The van der Waals surface area contributed by atoms with Crippen LogP contribution < -0.4 is 10.5 Å². The first-order valence-corrected chi connectivity index (χ1v) is 8.95. The molecule has 3 aromatic carbocycles. The number of anilines is 1. The number of rotatable bonds is 0. The van der Waals surface area contributed by atoms with E-state index in [9.17, 15) is 4.79 Å². The average molecular weight is 357 g/mol. The van der Waals surface area contributed by atoms with Crippen molar-refractivity contribution in [1.82, 2.24) is 0 Å². The minimum absolute atomic E-state index is 0.345. The van der Waals surface area contributed by atoms with Gasteiger partial charge in [0.1, 0.15) is 11.5 Å². The van der Waals surface area contributed by atoms with Crippen LogP contribution in [0.25, 0.3) is 0 Å². The molecule has 27 heavy (non-hydrogen) atoms. The molecule has 0 fully saturated rings. The highest BCUT2D eigenvalue weighted by atomic mass is 16.6. The zero-order valence-electron chi connectivity index (χ0n) is 15.4. The molecule has 0 amide bonds. The van der Waals surface area contributed by atoms with Gasteiger partial charge in [0.25, 0.3) is 0 Å². The van der Waals surface area contributed by atoms with E-state index in [2.05, 4.69) is 0 Å². The third-order valence-corrected chi connectivity index (χ3v) is 5.60. The Morgan fingerprint density at radius 2 is 1.63 bits per heavy atom. The molecule has 0 aliphatic carbocycles. The second-order valence-corrected chi connectivity index (χ2v) is 7.38. The zero-order valence-corrected chi connectivity index (χ0v) is 15.4. The summed E-state index contributed by atoms with van der Waals surface area (Å²) < 4.78 is 12.4. The van der Waals surface area contributed by atoms with Gasteiger partial charge in [0, 0.05) is 16.8 Å². The van der Waals surface area contributed by atoms with Crippen LogP contribution in [0.2, 0.25) is 0 Å². The molecule has 2 N–H and O–H groups in total. The quantitative estimate of drug-likeness (QED) is 0.465. The van der Waals surface area contributed by atoms with Gasteiger partial charge in [0.2, 0.25) is 0 Å². The predicted octanol–water partition coefficient (Wildman–Crippen LogP) is 4.76. The van der Waals surface area contributed by atoms with Gasteiger partial charge < -0.3 is 15.2 Å². The van der Waals surface area contributed by atoms with E-state index in [4.69, 9.17) is 15.2 Å². The van der Waals surface area contributed by atoms with Crippen LogP contribution in [0.5, 0.6) is 11.5 Å². The van der Waals surface area contributed by atoms with Crippen LogP contribution in [0.15, 0.2) is 48.5 Å². The molecule has 1 unspecified atom stereocenters. The standard InChI is InChI=1S/C23H19NO3/c1-12-8-18(24)21-20(9-12)26-19-11-14(3)13(2)10-17(19)23(21)16-7-5-4-6-15(16)22(25)27-23/h4-11H,24H2,1-3H3. The van der Waals surface area contributed by atoms with Gasteiger partial charge in [-0.1, -0.05) is 18.2 Å². The minimum atomic E-state index is -1.09. The average Bonchev–Trinajstić information content (AvgIpc) is 2.90. The number of fused-ring (bicyclic) bond motifs is 6. The summed E-state index contributed by atoms with van der Waals surface area (Å²) in [5.41, 5.74) is 12.0. The molecule has 4 nitrogen and oxygen atoms in total. The Balaban J connectivity index is 1.96. The number of aryl methyl sites for hydroxylation is 3. The Labute approximate surface area is 157 Å². The van der Waals surface area contributed by atoms with E-state index in [0.717, 1.165) is 27.8 Å². The number of carbonyl (C=O) groups is 1. The molecule has 2 heterocycles. The molecule has 0 aromatic heterocycles. The van der Waals surface area contributed by atoms with Crippen LogP contribution >= 0.6 is 0 Å². The first kappa shape index (κ1) is 15.9. The van der Waals surface area contributed by atoms with Gasteiger partial charge in [-0.05, 0) is 67.8 Å². The van der Waals surface area contributed by atoms with Crippen molar-refractivity contribution in [2.24, 2.45) is 0 Å². The Morgan fingerprint density at radius 1 is 0.889 bits per heavy atom. The van der Waals surface area contributed by atoms with Crippen LogP contribution in [-0.4, -0.2) is 5.97 Å². The highest BCUT2D eigenvalue weighted by molar-refractivity contribution is 5.97. The van der Waals surface area contributed by atoms with Crippen molar-refractivity contribution in [2.75, 3.05) is 5.73 Å². The van der Waals surface area contributed by atoms with Crippen molar-refractivity contribution in [3.8, 4) is 11.5 Å². The van der Waals surface area contributed by atoms with Crippen molar-refractivity contribution >= 4 is 11.7 Å². The molecular weight excluding hydrogens is 338 g/mol. The maximum absolute atomic E-state index is 12.8. The molecule has 2 aliphatic rings. The van der Waals surface area contributed by atoms with Gasteiger partial charge in [-0.15, -0.1) is 0 Å². The van der Waals surface area contributed by atoms with E-state index in [1.807, 2.05) is 63.2 Å². The summed E-state index contributed by atoms with van der Waals surface area (Å²) in [6, 6.07) is 15.4. The van der Waals surface area contributed by atoms with E-state index in [-0.39, 0.29) is 5.97 Å². The highest BCUT2D eigenvalue weighted by Crippen LogP contribution is 2.58. The molecule has 4 heteroatoms. The number of ether oxygens (including phenoxy) is 2. The first-order chi connectivity index (χ1) is 12.9. The third kappa shape index (κ3) is 1.95. The summed E-state index contributed by atoms with van der Waals surface area (Å²) in [7, 11) is 0. The normalized spacial score (nSPS) is 19.1. The molecule has 3 aromatic rings. The topological polar surface area (TPSA) is 61.6 Å². The number of nitrogens with two attached hydrogens (primary N) is 1. The Bertz CT molecular complexity index is 1150. The van der Waals surface area contributed by atoms with Crippen molar-refractivity contribution in [3.05, 3.63) is 87.5 Å². The summed E-state index contributed by atoms with van der Waals surface area (Å²) in [4.78, 5) is 12.8. The first-order valence-electron chi connectivity index (χ1n) is 8.95. The van der Waals surface area contributed by atoms with Gasteiger partial charge in [0.05, 0.1) is 11.1 Å². The molecule has 0 saturated carbocycles. The van der Waals surface area contributed by atoms with Crippen molar-refractivity contribution in [3.63, 3.8) is 0 Å². The summed E-state index contributed by atoms with van der Waals surface area (Å²) in [5.74, 6) is 0.982. The fourth-order valence-corrected chi connectivity index (χ4v) is 4.24. The maximum atomic E-state index is 12.8. The molecule has 1 spiro atoms. The Morgan fingerprint density at radius 3 is 2.44 bits per heavy atom. The van der Waals surface area contributed by atoms with Crippen LogP contribution in [0.3, 0.4) is 0 Å². The van der Waals surface area contributed by atoms with Crippen molar-refractivity contribution in [2.45, 2.75) is 26.4 Å². The molecule has 0 saturated heterocycles. The molecule has 134 valence electrons. The van der Waals surface area contributed by atoms with Gasteiger partial charge in [-0.3, -0.25) is 0 Å². The molecule has 0 radical (unpaired) electrons. The lowest BCUT2D eigenvalue weighted by Gasteiger charge is -2.38. The lowest BCUT2D eigenvalue weighted by molar-refractivity contribution is 0.0227. The molecule has 2 aliphatic heterocycles. The van der Waals surface area contributed by atoms with Gasteiger partial charge in [-0.2, -0.15) is 0 Å². The second-order valence-electron chi connectivity index (χ2n) is 7.38. The summed E-state index contributed by atoms with van der Waals surface area (Å²) in [5, 5.41) is 0. The van der Waals surface area contributed by atoms with Gasteiger partial charge in [-0.25, -0.2) is 4.79 Å². The summed E-state index contributed by atoms with van der Waals surface area (Å²) in [6.07, 6.45) is 0. The van der Waals surface area contributed by atoms with E-state index < -0.39 is 5.60 Å². The van der Waals surface area contributed by atoms with E-state index in [0.29, 0.717) is 28.3 Å². The molecular formula is C23H19NO3. The van der Waals surface area contributed by atoms with E-state index >= 15 is 0 Å². The SMILES string of the molecule is Cc1cc(N)c2c(c1)Oc1cc(C)c(C)cc1C21OC(=O)c2ccccc21. The van der Waals surface area contributed by atoms with E-state index in [1.54, 1.807) is 6.07 Å². The number of benzene rings is 3. The Kier molecular flexibility index (Phi) is 3.03. The monoisotopic (exact) mass is 357 g/mol. The number of nitrogen functional groups attached to an aromatic ring is 1. The third-order valence-electron chi connectivity index (χ3n) is 5.60. The van der Waals surface area contributed by atoms with Crippen molar-refractivity contribution in [1.29, 1.82) is 0 Å². The van der Waals surface area contributed by atoms with Gasteiger partial charge >= 0.3 is 5.97 Å². The molecule has 0 bridgehead atoms. The van der Waals surface area contributed by atoms with Gasteiger partial charge in [0.15, 0.2) is 5.60 Å². The lowest BCUT2D eigenvalue weighted by Crippen LogP contribution is -2.34. The van der Waals surface area contributed by atoms with Crippen LogP contribution in [0.4, 0.5) is 5.69 Å². The zero-order chi connectivity index (χ0) is 18.9. The maximum Gasteiger partial charge on any atom is 0.340 e. The van der Waals surface area contributed by atoms with Crippen LogP contribution in [-0.2, 0) is 10.3 Å². The van der Waals surface area contributed by atoms with E-state index in [1.165, 1.54) is 0 Å². The largest absolute Gasteiger partial charge is 0.456 e. The lowest BCUT2D eigenvalue weighted by atomic mass is 9.76. The summed E-state index contributed by atoms with van der Waals surface area (Å²) >= 11 is 0. The number of esters is 1. The molecule has 1 atom stereocenters. The Hall–Kier alpha value is -3.27. The van der Waals surface area contributed by atoms with Crippen LogP contribution in [0, 0.1) is 20.8 Å². The molecule has 5 rings (SSSR count). The fraction of sp³-hybridized carbons (Fsp3) is 0.174. The highest BCUT2D eigenvalue weighted by Gasteiger charge is 2.54. The predicted molar refractivity (Wildman–Crippen MR) is 103 cm³/mol. The van der Waals surface area contributed by atoms with Crippen LogP contribution in [0.1, 0.15) is 43.7 Å². The fourth-order valence-electron chi connectivity index (χ4n) is 4.24. The number of hydrogen-bond acceptors (Lipinski definition) is 4. The minimum Gasteiger partial charge on any atom is -0.456 e. The summed E-state index contributed by atoms with van der Waals surface area (Å²) in [6.45, 7) is 6.05. The smallest absolute Gasteiger partial charge is 0.340 e.